The molecule has 0 bridgehead atoms. The second kappa shape index (κ2) is 6.71. The number of nitrogens with one attached hydrogen (secondary N) is 1. The van der Waals surface area contributed by atoms with Crippen LogP contribution in [0.3, 0.4) is 0 Å². The van der Waals surface area contributed by atoms with Gasteiger partial charge in [-0.3, -0.25) is 0 Å². The molecule has 0 saturated heterocycles. The first-order valence-corrected chi connectivity index (χ1v) is 9.07. The standard InChI is InChI=1S/C16H19Br2NOS/c1-16(2,3)10-5-6-14(20-4)13(7-10)19-9-11-8-12(17)15(18)21-11/h5-8,19H,9H2,1-4H3. The molecule has 0 aliphatic heterocycles. The zero-order valence-corrected chi connectivity index (χ0v) is 16.6. The molecule has 0 aliphatic rings. The molecule has 1 aromatic heterocycles. The summed E-state index contributed by atoms with van der Waals surface area (Å²) in [5, 5.41) is 3.48. The van der Waals surface area contributed by atoms with Crippen molar-refractivity contribution in [3.8, 4) is 5.75 Å². The highest BCUT2D eigenvalue weighted by atomic mass is 79.9. The highest BCUT2D eigenvalue weighted by Crippen LogP contribution is 2.34. The number of methoxy groups -OCH3 is 1. The van der Waals surface area contributed by atoms with Gasteiger partial charge >= 0.3 is 0 Å². The Kier molecular flexibility index (Phi) is 5.38. The van der Waals surface area contributed by atoms with Crippen LogP contribution in [0.1, 0.15) is 31.2 Å². The summed E-state index contributed by atoms with van der Waals surface area (Å²) in [4.78, 5) is 1.26. The van der Waals surface area contributed by atoms with E-state index >= 15 is 0 Å². The molecule has 0 amide bonds. The number of benzene rings is 1. The minimum absolute atomic E-state index is 0.123. The summed E-state index contributed by atoms with van der Waals surface area (Å²) >= 11 is 8.77. The second-order valence-electron chi connectivity index (χ2n) is 5.85. The lowest BCUT2D eigenvalue weighted by atomic mass is 9.87. The molecule has 0 saturated carbocycles. The first kappa shape index (κ1) is 16.8. The highest BCUT2D eigenvalue weighted by molar-refractivity contribution is 9.13. The van der Waals surface area contributed by atoms with E-state index in [1.165, 1.54) is 10.4 Å². The van der Waals surface area contributed by atoms with Crippen molar-refractivity contribution in [3.63, 3.8) is 0 Å². The van der Waals surface area contributed by atoms with E-state index in [4.69, 9.17) is 4.74 Å². The highest BCUT2D eigenvalue weighted by Gasteiger charge is 2.16. The van der Waals surface area contributed by atoms with Gasteiger partial charge in [-0.05, 0) is 61.0 Å². The summed E-state index contributed by atoms with van der Waals surface area (Å²) in [6.07, 6.45) is 0. The summed E-state index contributed by atoms with van der Waals surface area (Å²) < 4.78 is 7.67. The van der Waals surface area contributed by atoms with E-state index < -0.39 is 0 Å². The Morgan fingerprint density at radius 1 is 1.19 bits per heavy atom. The van der Waals surface area contributed by atoms with Crippen LogP contribution in [0.15, 0.2) is 32.5 Å². The Hall–Kier alpha value is -0.520. The molecule has 2 rings (SSSR count). The average Bonchev–Trinajstić information content (AvgIpc) is 2.74. The SMILES string of the molecule is COc1ccc(C(C)(C)C)cc1NCc1cc(Br)c(Br)s1. The molecule has 0 spiro atoms. The van der Waals surface area contributed by atoms with E-state index in [-0.39, 0.29) is 5.41 Å². The maximum absolute atomic E-state index is 5.45. The van der Waals surface area contributed by atoms with Crippen molar-refractivity contribution in [2.45, 2.75) is 32.7 Å². The van der Waals surface area contributed by atoms with Gasteiger partial charge in [0, 0.05) is 15.9 Å². The lowest BCUT2D eigenvalue weighted by Crippen LogP contribution is -2.12. The van der Waals surface area contributed by atoms with Gasteiger partial charge in [-0.2, -0.15) is 0 Å². The van der Waals surface area contributed by atoms with Crippen molar-refractivity contribution in [1.82, 2.24) is 0 Å². The van der Waals surface area contributed by atoms with Crippen LogP contribution < -0.4 is 10.1 Å². The van der Waals surface area contributed by atoms with Gasteiger partial charge in [-0.15, -0.1) is 11.3 Å². The normalized spacial score (nSPS) is 11.5. The molecule has 2 nitrogen and oxygen atoms in total. The van der Waals surface area contributed by atoms with Gasteiger partial charge in [0.05, 0.1) is 16.6 Å². The van der Waals surface area contributed by atoms with Gasteiger partial charge in [0.2, 0.25) is 0 Å². The fourth-order valence-electron chi connectivity index (χ4n) is 1.97. The number of hydrogen-bond donors (Lipinski definition) is 1. The molecule has 2 aromatic rings. The maximum Gasteiger partial charge on any atom is 0.141 e. The van der Waals surface area contributed by atoms with Crippen LogP contribution in [0.25, 0.3) is 0 Å². The van der Waals surface area contributed by atoms with Crippen molar-refractivity contribution < 1.29 is 4.74 Å². The number of ether oxygens (including phenoxy) is 1. The summed E-state index contributed by atoms with van der Waals surface area (Å²) in [6, 6.07) is 8.46. The van der Waals surface area contributed by atoms with Crippen LogP contribution in [0.5, 0.6) is 5.75 Å². The Morgan fingerprint density at radius 2 is 1.90 bits per heavy atom. The van der Waals surface area contributed by atoms with Crippen molar-refractivity contribution in [3.05, 3.63) is 43.0 Å². The molecule has 0 atom stereocenters. The summed E-state index contributed by atoms with van der Waals surface area (Å²) in [5.74, 6) is 0.873. The van der Waals surface area contributed by atoms with Gasteiger partial charge in [-0.25, -0.2) is 0 Å². The minimum atomic E-state index is 0.123. The Balaban J connectivity index is 2.21. The smallest absolute Gasteiger partial charge is 0.141 e. The fourth-order valence-corrected chi connectivity index (χ4v) is 4.09. The van der Waals surface area contributed by atoms with E-state index in [0.29, 0.717) is 0 Å². The zero-order valence-electron chi connectivity index (χ0n) is 12.6. The molecule has 0 fully saturated rings. The lowest BCUT2D eigenvalue weighted by Gasteiger charge is -2.21. The van der Waals surface area contributed by atoms with Crippen LogP contribution in [0, 0.1) is 0 Å². The molecule has 21 heavy (non-hydrogen) atoms. The summed E-state index contributed by atoms with van der Waals surface area (Å²) in [7, 11) is 1.70. The van der Waals surface area contributed by atoms with Gasteiger partial charge in [-0.1, -0.05) is 26.8 Å². The number of hydrogen-bond acceptors (Lipinski definition) is 3. The molecule has 0 unspecified atom stereocenters. The number of halogens is 2. The van der Waals surface area contributed by atoms with Gasteiger partial charge in [0.15, 0.2) is 0 Å². The van der Waals surface area contributed by atoms with Gasteiger partial charge in [0.1, 0.15) is 5.75 Å². The van der Waals surface area contributed by atoms with Crippen molar-refractivity contribution >= 4 is 48.9 Å². The Labute approximate surface area is 147 Å². The van der Waals surface area contributed by atoms with Crippen molar-refractivity contribution in [1.29, 1.82) is 0 Å². The number of anilines is 1. The maximum atomic E-state index is 5.45. The monoisotopic (exact) mass is 431 g/mol. The van der Waals surface area contributed by atoms with Gasteiger partial charge in [0.25, 0.3) is 0 Å². The summed E-state index contributed by atoms with van der Waals surface area (Å²) in [5.41, 5.74) is 2.45. The first-order chi connectivity index (χ1) is 9.81. The Bertz CT molecular complexity index is 612. The van der Waals surface area contributed by atoms with Crippen LogP contribution >= 0.6 is 43.2 Å². The summed E-state index contributed by atoms with van der Waals surface area (Å²) in [6.45, 7) is 7.42. The number of rotatable bonds is 4. The fraction of sp³-hybridized carbons (Fsp3) is 0.375. The molecular weight excluding hydrogens is 414 g/mol. The first-order valence-electron chi connectivity index (χ1n) is 6.67. The third-order valence-electron chi connectivity index (χ3n) is 3.21. The average molecular weight is 433 g/mol. The zero-order chi connectivity index (χ0) is 15.6. The van der Waals surface area contributed by atoms with Crippen LogP contribution in [0.2, 0.25) is 0 Å². The molecule has 5 heteroatoms. The lowest BCUT2D eigenvalue weighted by molar-refractivity contribution is 0.416. The minimum Gasteiger partial charge on any atom is -0.495 e. The molecular formula is C16H19Br2NOS. The molecule has 1 N–H and O–H groups in total. The predicted octanol–water partition coefficient (Wildman–Crippen LogP) is 6.19. The largest absolute Gasteiger partial charge is 0.495 e. The third-order valence-corrected chi connectivity index (χ3v) is 6.47. The molecule has 1 aromatic carbocycles. The quantitative estimate of drug-likeness (QED) is 0.621. The molecule has 1 heterocycles. The predicted molar refractivity (Wildman–Crippen MR) is 98.7 cm³/mol. The van der Waals surface area contributed by atoms with E-state index in [1.807, 2.05) is 6.07 Å². The second-order valence-corrected chi connectivity index (χ2v) is 9.16. The number of thiophene rings is 1. The molecule has 0 radical (unpaired) electrons. The van der Waals surface area contributed by atoms with E-state index in [9.17, 15) is 0 Å². The van der Waals surface area contributed by atoms with E-state index in [2.05, 4.69) is 76.1 Å². The van der Waals surface area contributed by atoms with Gasteiger partial charge < -0.3 is 10.1 Å². The van der Waals surface area contributed by atoms with E-state index in [0.717, 1.165) is 26.2 Å². The topological polar surface area (TPSA) is 21.3 Å². The van der Waals surface area contributed by atoms with Crippen LogP contribution in [-0.2, 0) is 12.0 Å². The molecule has 0 aliphatic carbocycles. The van der Waals surface area contributed by atoms with Crippen molar-refractivity contribution in [2.24, 2.45) is 0 Å². The third kappa shape index (κ3) is 4.24. The van der Waals surface area contributed by atoms with Crippen LogP contribution in [0.4, 0.5) is 5.69 Å². The van der Waals surface area contributed by atoms with Crippen molar-refractivity contribution in [2.75, 3.05) is 12.4 Å². The molecule has 114 valence electrons. The van der Waals surface area contributed by atoms with Crippen LogP contribution in [-0.4, -0.2) is 7.11 Å². The Morgan fingerprint density at radius 3 is 2.43 bits per heavy atom. The van der Waals surface area contributed by atoms with E-state index in [1.54, 1.807) is 18.4 Å².